The predicted octanol–water partition coefficient (Wildman–Crippen LogP) is 5.03. The van der Waals surface area contributed by atoms with Gasteiger partial charge in [0.15, 0.2) is 0 Å². The average molecular weight is 563 g/mol. The molecule has 0 spiro atoms. The second kappa shape index (κ2) is 9.81. The van der Waals surface area contributed by atoms with Gasteiger partial charge < -0.3 is 10.1 Å². The number of hydrogen-bond donors (Lipinski definition) is 1. The van der Waals surface area contributed by atoms with E-state index in [1.54, 1.807) is 18.2 Å². The Hall–Kier alpha value is -2.82. The van der Waals surface area contributed by atoms with E-state index in [1.165, 1.54) is 0 Å². The first-order chi connectivity index (χ1) is 17.7. The number of nitrogens with zero attached hydrogens (tertiary/aromatic N) is 1. The van der Waals surface area contributed by atoms with Crippen LogP contribution in [0.3, 0.4) is 0 Å². The Morgan fingerprint density at radius 1 is 1.16 bits per heavy atom. The molecular weight excluding hydrogens is 532 g/mol. The van der Waals surface area contributed by atoms with Crippen molar-refractivity contribution in [1.29, 1.82) is 5.26 Å². The number of Topliss-reactive ketones (excluding diaryl/α,β-unsaturated/α-hetero) is 2. The van der Waals surface area contributed by atoms with Gasteiger partial charge in [-0.25, -0.2) is 0 Å². The fourth-order valence-corrected chi connectivity index (χ4v) is 7.39. The fourth-order valence-electron chi connectivity index (χ4n) is 6.88. The molecule has 2 aromatic rings. The van der Waals surface area contributed by atoms with Crippen molar-refractivity contribution >= 4 is 33.4 Å². The van der Waals surface area contributed by atoms with Gasteiger partial charge >= 0.3 is 0 Å². The molecule has 0 aromatic heterocycles. The Labute approximate surface area is 225 Å². The zero-order chi connectivity index (χ0) is 26.4. The number of benzene rings is 2. The molecule has 6 atom stereocenters. The number of carbonyl (C=O) groups is 3. The first-order valence-corrected chi connectivity index (χ1v) is 13.7. The molecule has 2 aliphatic heterocycles. The average Bonchev–Trinajstić information content (AvgIpc) is 3.08. The zero-order valence-electron chi connectivity index (χ0n) is 21.1. The van der Waals surface area contributed by atoms with Crippen LogP contribution >= 0.6 is 15.9 Å². The zero-order valence-corrected chi connectivity index (χ0v) is 22.7. The maximum atomic E-state index is 14.0. The Morgan fingerprint density at radius 2 is 1.92 bits per heavy atom. The molecule has 4 fully saturated rings. The van der Waals surface area contributed by atoms with E-state index in [0.29, 0.717) is 43.4 Å². The molecule has 1 N–H and O–H groups in total. The summed E-state index contributed by atoms with van der Waals surface area (Å²) in [5.74, 6) is -1.29. The van der Waals surface area contributed by atoms with Crippen LogP contribution in [0.1, 0.15) is 61.0 Å². The van der Waals surface area contributed by atoms with Gasteiger partial charge in [0, 0.05) is 46.4 Å². The van der Waals surface area contributed by atoms with Gasteiger partial charge in [0.2, 0.25) is 0 Å². The summed E-state index contributed by atoms with van der Waals surface area (Å²) in [5, 5.41) is 12.4. The third kappa shape index (κ3) is 4.55. The number of rotatable bonds is 5. The maximum Gasteiger partial charge on any atom is 0.251 e. The highest BCUT2D eigenvalue weighted by Gasteiger charge is 2.66. The molecule has 2 saturated carbocycles. The van der Waals surface area contributed by atoms with Crippen molar-refractivity contribution in [2.24, 2.45) is 23.2 Å². The van der Waals surface area contributed by atoms with Crippen LogP contribution in [0.15, 0.2) is 53.0 Å². The van der Waals surface area contributed by atoms with E-state index in [-0.39, 0.29) is 35.9 Å². The number of fused-ring (bicyclic) bond motifs is 3. The Bertz CT molecular complexity index is 1290. The van der Waals surface area contributed by atoms with Crippen LogP contribution in [0.4, 0.5) is 0 Å². The predicted molar refractivity (Wildman–Crippen MR) is 142 cm³/mol. The minimum absolute atomic E-state index is 0.105. The molecule has 1 amide bonds. The molecule has 2 aromatic carbocycles. The van der Waals surface area contributed by atoms with Gasteiger partial charge in [-0.15, -0.1) is 0 Å². The van der Waals surface area contributed by atoms with E-state index in [4.69, 9.17) is 10.00 Å². The summed E-state index contributed by atoms with van der Waals surface area (Å²) in [7, 11) is 0. The third-order valence-corrected chi connectivity index (χ3v) is 9.62. The molecule has 0 radical (unpaired) electrons. The van der Waals surface area contributed by atoms with E-state index >= 15 is 0 Å². The summed E-state index contributed by atoms with van der Waals surface area (Å²) in [4.78, 5) is 40.8. The Balaban J connectivity index is 1.38. The number of ketones is 2. The number of ether oxygens (including phenoxy) is 1. The maximum absolute atomic E-state index is 14.0. The van der Waals surface area contributed by atoms with Gasteiger partial charge in [-0.05, 0) is 78.4 Å². The van der Waals surface area contributed by atoms with Gasteiger partial charge in [0.05, 0.1) is 17.1 Å². The lowest BCUT2D eigenvalue weighted by atomic mass is 9.49. The smallest absolute Gasteiger partial charge is 0.251 e. The number of hydrogen-bond acceptors (Lipinski definition) is 5. The second-order valence-corrected chi connectivity index (χ2v) is 12.1. The van der Waals surface area contributed by atoms with Crippen molar-refractivity contribution in [3.05, 3.63) is 69.7 Å². The lowest BCUT2D eigenvalue weighted by Crippen LogP contribution is -2.66. The van der Waals surface area contributed by atoms with Crippen molar-refractivity contribution in [2.45, 2.75) is 57.6 Å². The summed E-state index contributed by atoms with van der Waals surface area (Å²) in [5.41, 5.74) is 0.805. The van der Waals surface area contributed by atoms with Crippen molar-refractivity contribution < 1.29 is 19.1 Å². The van der Waals surface area contributed by atoms with E-state index in [0.717, 1.165) is 10.0 Å². The standard InChI is InChI=1S/C30H31BrN2O4/c1-29-12-13-37-30(2,16-24(29)33-28(36)19-6-4-3-5-7-19)26-25(29)23(34)15-20(27(26)35)10-8-18-9-11-21(17-32)22(31)14-18/h3-7,9,11,14,20,24-26H,8,10,12-13,15-16H2,1-2H3,(H,33,36)/t20?,24?,25?,26?,29-,30+/m0/s1. The normalized spacial score (nSPS) is 32.8. The van der Waals surface area contributed by atoms with Crippen LogP contribution < -0.4 is 5.32 Å². The monoisotopic (exact) mass is 562 g/mol. The number of amides is 1. The van der Waals surface area contributed by atoms with Crippen molar-refractivity contribution in [2.75, 3.05) is 6.61 Å². The molecule has 2 bridgehead atoms. The first kappa shape index (κ1) is 25.8. The summed E-state index contributed by atoms with van der Waals surface area (Å²) in [6.45, 7) is 4.46. The van der Waals surface area contributed by atoms with Crippen molar-refractivity contribution in [1.82, 2.24) is 5.32 Å². The van der Waals surface area contributed by atoms with E-state index in [2.05, 4.69) is 34.2 Å². The second-order valence-electron chi connectivity index (χ2n) is 11.2. The van der Waals surface area contributed by atoms with Crippen LogP contribution in [0.5, 0.6) is 0 Å². The molecule has 4 aliphatic rings. The van der Waals surface area contributed by atoms with Crippen LogP contribution in [-0.2, 0) is 20.7 Å². The van der Waals surface area contributed by atoms with E-state index < -0.39 is 22.9 Å². The van der Waals surface area contributed by atoms with Gasteiger partial charge in [0.1, 0.15) is 17.6 Å². The quantitative estimate of drug-likeness (QED) is 0.551. The van der Waals surface area contributed by atoms with Crippen LogP contribution in [0.2, 0.25) is 0 Å². The van der Waals surface area contributed by atoms with Gasteiger partial charge in [-0.1, -0.05) is 31.2 Å². The number of halogens is 1. The minimum atomic E-state index is -0.807. The van der Waals surface area contributed by atoms with Gasteiger partial charge in [0.25, 0.3) is 5.91 Å². The van der Waals surface area contributed by atoms with Gasteiger partial charge in [-0.2, -0.15) is 5.26 Å². The largest absolute Gasteiger partial charge is 0.374 e. The lowest BCUT2D eigenvalue weighted by Gasteiger charge is -2.56. The number of nitrogens with one attached hydrogen (secondary N) is 1. The van der Waals surface area contributed by atoms with Gasteiger partial charge in [-0.3, -0.25) is 14.4 Å². The third-order valence-electron chi connectivity index (χ3n) is 8.96. The molecule has 2 saturated heterocycles. The molecule has 7 heteroatoms. The van der Waals surface area contributed by atoms with E-state index in [9.17, 15) is 14.4 Å². The Kier molecular flexibility index (Phi) is 6.84. The van der Waals surface area contributed by atoms with Crippen LogP contribution in [-0.4, -0.2) is 35.7 Å². The van der Waals surface area contributed by atoms with Crippen molar-refractivity contribution in [3.63, 3.8) is 0 Å². The highest BCUT2D eigenvalue weighted by Crippen LogP contribution is 2.58. The summed E-state index contributed by atoms with van der Waals surface area (Å²) >= 11 is 3.43. The van der Waals surface area contributed by atoms with Crippen LogP contribution in [0, 0.1) is 34.5 Å². The summed E-state index contributed by atoms with van der Waals surface area (Å²) in [6.07, 6.45) is 2.57. The molecule has 4 unspecified atom stereocenters. The fraction of sp³-hybridized carbons (Fsp3) is 0.467. The van der Waals surface area contributed by atoms with E-state index in [1.807, 2.05) is 37.3 Å². The van der Waals surface area contributed by atoms with Crippen LogP contribution in [0.25, 0.3) is 0 Å². The number of carbonyl (C=O) groups excluding carboxylic acids is 3. The molecule has 2 aliphatic carbocycles. The van der Waals surface area contributed by atoms with Crippen molar-refractivity contribution in [3.8, 4) is 6.07 Å². The molecule has 2 heterocycles. The lowest BCUT2D eigenvalue weighted by molar-refractivity contribution is -0.171. The highest BCUT2D eigenvalue weighted by atomic mass is 79.9. The molecule has 6 nitrogen and oxygen atoms in total. The number of nitriles is 1. The molecule has 37 heavy (non-hydrogen) atoms. The Morgan fingerprint density at radius 3 is 2.62 bits per heavy atom. The summed E-state index contributed by atoms with van der Waals surface area (Å²) < 4.78 is 7.08. The topological polar surface area (TPSA) is 96.3 Å². The SMILES string of the molecule is C[C@]12CCO[C@](C)(CC1NC(=O)c1ccccc1)C1C(=O)C(CCc3ccc(C#N)c(Br)c3)CC(=O)C12. The number of aryl methyl sites for hydroxylation is 1. The molecular formula is C30H31BrN2O4. The minimum Gasteiger partial charge on any atom is -0.374 e. The first-order valence-electron chi connectivity index (χ1n) is 12.9. The summed E-state index contributed by atoms with van der Waals surface area (Å²) in [6, 6.07) is 16.5. The molecule has 6 rings (SSSR count). The highest BCUT2D eigenvalue weighted by molar-refractivity contribution is 9.10. The molecule has 192 valence electrons.